The molecule has 1 aliphatic heterocycles. The van der Waals surface area contributed by atoms with Crippen LogP contribution in [0.25, 0.3) is 0 Å². The molecule has 1 atom stereocenters. The lowest BCUT2D eigenvalue weighted by Crippen LogP contribution is -2.43. The molecule has 0 saturated carbocycles. The van der Waals surface area contributed by atoms with E-state index < -0.39 is 6.17 Å². The van der Waals surface area contributed by atoms with Crippen molar-refractivity contribution in [2.24, 2.45) is 0 Å². The summed E-state index contributed by atoms with van der Waals surface area (Å²) in [5.74, 6) is 0.652. The molecule has 35 heavy (non-hydrogen) atoms. The van der Waals surface area contributed by atoms with Crippen LogP contribution in [0.15, 0.2) is 91.0 Å². The molecule has 0 saturated heterocycles. The highest BCUT2D eigenvalue weighted by Crippen LogP contribution is 2.37. The number of aryl methyl sites for hydroxylation is 1. The van der Waals surface area contributed by atoms with Crippen molar-refractivity contribution in [3.63, 3.8) is 0 Å². The summed E-state index contributed by atoms with van der Waals surface area (Å²) in [5.41, 5.74) is 5.35. The van der Waals surface area contributed by atoms with Gasteiger partial charge in [0.15, 0.2) is 0 Å². The van der Waals surface area contributed by atoms with Gasteiger partial charge < -0.3 is 10.1 Å². The third kappa shape index (κ3) is 4.86. The zero-order valence-corrected chi connectivity index (χ0v) is 20.7. The van der Waals surface area contributed by atoms with Crippen LogP contribution >= 0.6 is 23.2 Å². The first-order chi connectivity index (χ1) is 17.0. The van der Waals surface area contributed by atoms with Gasteiger partial charge in [-0.2, -0.15) is 0 Å². The number of hydrogen-bond acceptors (Lipinski definition) is 3. The van der Waals surface area contributed by atoms with Gasteiger partial charge in [-0.1, -0.05) is 72.6 Å². The van der Waals surface area contributed by atoms with Crippen molar-refractivity contribution in [3.05, 3.63) is 123 Å². The summed E-state index contributed by atoms with van der Waals surface area (Å²) in [6.07, 6.45) is 0.551. The number of para-hydroxylation sites is 1. The third-order valence-corrected chi connectivity index (χ3v) is 6.85. The molecule has 0 aromatic heterocycles. The fourth-order valence-electron chi connectivity index (χ4n) is 4.22. The molecule has 1 aliphatic rings. The molecule has 4 nitrogen and oxygen atoms in total. The van der Waals surface area contributed by atoms with E-state index in [1.165, 1.54) is 5.56 Å². The summed E-state index contributed by atoms with van der Waals surface area (Å²) in [6, 6.07) is 29.0. The standard InChI is InChI=1S/C29H24Cl2N2O2/c1-2-19-10-13-22(14-11-19)33-28(32-27-9-4-3-8-24(27)29(33)34)21-6-5-7-23(17-21)35-18-20-12-15-25(30)26(31)16-20/h3-17,28,32H,2,18H2,1H3. The van der Waals surface area contributed by atoms with E-state index in [0.29, 0.717) is 28.0 Å². The highest BCUT2D eigenvalue weighted by atomic mass is 35.5. The quantitative estimate of drug-likeness (QED) is 0.291. The molecule has 0 aliphatic carbocycles. The van der Waals surface area contributed by atoms with Gasteiger partial charge >= 0.3 is 0 Å². The van der Waals surface area contributed by atoms with E-state index in [0.717, 1.165) is 28.9 Å². The Hall–Kier alpha value is -3.47. The number of ether oxygens (including phenoxy) is 1. The second-order valence-corrected chi connectivity index (χ2v) is 9.21. The Balaban J connectivity index is 1.47. The van der Waals surface area contributed by atoms with Crippen molar-refractivity contribution in [2.45, 2.75) is 26.1 Å². The van der Waals surface area contributed by atoms with Crippen molar-refractivity contribution in [1.29, 1.82) is 0 Å². The summed E-state index contributed by atoms with van der Waals surface area (Å²) < 4.78 is 6.05. The van der Waals surface area contributed by atoms with E-state index in [1.54, 1.807) is 17.0 Å². The van der Waals surface area contributed by atoms with Crippen LogP contribution in [0.4, 0.5) is 11.4 Å². The Morgan fingerprint density at radius 2 is 1.63 bits per heavy atom. The molecule has 0 bridgehead atoms. The van der Waals surface area contributed by atoms with Crippen LogP contribution < -0.4 is 15.0 Å². The summed E-state index contributed by atoms with van der Waals surface area (Å²) in [5, 5.41) is 4.56. The van der Waals surface area contributed by atoms with Crippen LogP contribution in [0.1, 0.15) is 40.1 Å². The summed E-state index contributed by atoms with van der Waals surface area (Å²) >= 11 is 12.2. The highest BCUT2D eigenvalue weighted by molar-refractivity contribution is 6.42. The van der Waals surface area contributed by atoms with E-state index in [9.17, 15) is 4.79 Å². The SMILES string of the molecule is CCc1ccc(N2C(=O)c3ccccc3NC2c2cccc(OCc3ccc(Cl)c(Cl)c3)c2)cc1. The zero-order valence-electron chi connectivity index (χ0n) is 19.2. The summed E-state index contributed by atoms with van der Waals surface area (Å²) in [7, 11) is 0. The molecule has 0 fully saturated rings. The Bertz CT molecular complexity index is 1370. The number of carbonyl (C=O) groups excluding carboxylic acids is 1. The minimum Gasteiger partial charge on any atom is -0.489 e. The molecule has 1 unspecified atom stereocenters. The van der Waals surface area contributed by atoms with Gasteiger partial charge in [-0.15, -0.1) is 0 Å². The van der Waals surface area contributed by atoms with Gasteiger partial charge in [0.05, 0.1) is 15.6 Å². The molecule has 4 aromatic carbocycles. The van der Waals surface area contributed by atoms with Crippen molar-refractivity contribution in [2.75, 3.05) is 10.2 Å². The molecule has 1 amide bonds. The van der Waals surface area contributed by atoms with Crippen molar-refractivity contribution < 1.29 is 9.53 Å². The number of amides is 1. The average Bonchev–Trinajstić information content (AvgIpc) is 2.89. The van der Waals surface area contributed by atoms with E-state index in [4.69, 9.17) is 27.9 Å². The average molecular weight is 503 g/mol. The number of rotatable bonds is 6. The maximum absolute atomic E-state index is 13.6. The predicted molar refractivity (Wildman–Crippen MR) is 143 cm³/mol. The molecule has 176 valence electrons. The van der Waals surface area contributed by atoms with Crippen LogP contribution in [-0.2, 0) is 13.0 Å². The van der Waals surface area contributed by atoms with Gasteiger partial charge in [-0.3, -0.25) is 9.69 Å². The predicted octanol–water partition coefficient (Wildman–Crippen LogP) is 7.91. The number of hydrogen-bond donors (Lipinski definition) is 1. The molecular formula is C29H24Cl2N2O2. The Morgan fingerprint density at radius 1 is 0.857 bits per heavy atom. The Morgan fingerprint density at radius 3 is 2.40 bits per heavy atom. The maximum atomic E-state index is 13.6. The lowest BCUT2D eigenvalue weighted by atomic mass is 10.0. The topological polar surface area (TPSA) is 41.6 Å². The smallest absolute Gasteiger partial charge is 0.262 e. The third-order valence-electron chi connectivity index (χ3n) is 6.11. The number of benzene rings is 4. The Kier molecular flexibility index (Phi) is 6.67. The minimum atomic E-state index is -0.390. The van der Waals surface area contributed by atoms with E-state index in [2.05, 4.69) is 24.4 Å². The minimum absolute atomic E-state index is 0.0456. The van der Waals surface area contributed by atoms with E-state index in [-0.39, 0.29) is 5.91 Å². The largest absolute Gasteiger partial charge is 0.489 e. The lowest BCUT2D eigenvalue weighted by Gasteiger charge is -2.38. The molecule has 5 rings (SSSR count). The van der Waals surface area contributed by atoms with Crippen molar-refractivity contribution in [1.82, 2.24) is 0 Å². The molecule has 1 N–H and O–H groups in total. The summed E-state index contributed by atoms with van der Waals surface area (Å²) in [4.78, 5) is 15.4. The monoisotopic (exact) mass is 502 g/mol. The van der Waals surface area contributed by atoms with Gasteiger partial charge in [0.1, 0.15) is 18.5 Å². The van der Waals surface area contributed by atoms with Crippen LogP contribution in [0.3, 0.4) is 0 Å². The molecule has 0 radical (unpaired) electrons. The van der Waals surface area contributed by atoms with Crippen molar-refractivity contribution in [3.8, 4) is 5.75 Å². The van der Waals surface area contributed by atoms with E-state index in [1.807, 2.05) is 66.7 Å². The van der Waals surface area contributed by atoms with Gasteiger partial charge in [0.25, 0.3) is 5.91 Å². The molecule has 0 spiro atoms. The molecule has 1 heterocycles. The zero-order chi connectivity index (χ0) is 24.4. The first-order valence-electron chi connectivity index (χ1n) is 11.5. The van der Waals surface area contributed by atoms with Gasteiger partial charge in [-0.25, -0.2) is 0 Å². The first kappa shape index (κ1) is 23.3. The fraction of sp³-hybridized carbons (Fsp3) is 0.138. The van der Waals surface area contributed by atoms with Crippen LogP contribution in [0.2, 0.25) is 10.0 Å². The number of halogens is 2. The normalized spacial score (nSPS) is 14.9. The molecule has 4 aromatic rings. The van der Waals surface area contributed by atoms with Gasteiger partial charge in [0, 0.05) is 11.4 Å². The van der Waals surface area contributed by atoms with Crippen LogP contribution in [0, 0.1) is 0 Å². The number of anilines is 2. The number of nitrogens with zero attached hydrogens (tertiary/aromatic N) is 1. The maximum Gasteiger partial charge on any atom is 0.262 e. The highest BCUT2D eigenvalue weighted by Gasteiger charge is 2.34. The molecule has 6 heteroatoms. The van der Waals surface area contributed by atoms with E-state index >= 15 is 0 Å². The van der Waals surface area contributed by atoms with Gasteiger partial charge in [-0.05, 0) is 71.6 Å². The first-order valence-corrected chi connectivity index (χ1v) is 12.2. The van der Waals surface area contributed by atoms with Crippen molar-refractivity contribution >= 4 is 40.5 Å². The van der Waals surface area contributed by atoms with Gasteiger partial charge in [0.2, 0.25) is 0 Å². The fourth-order valence-corrected chi connectivity index (χ4v) is 4.54. The number of nitrogens with one attached hydrogen (secondary N) is 1. The second kappa shape index (κ2) is 10.0. The van der Waals surface area contributed by atoms with Crippen LogP contribution in [0.5, 0.6) is 5.75 Å². The number of fused-ring (bicyclic) bond motifs is 1. The second-order valence-electron chi connectivity index (χ2n) is 8.40. The molecular weight excluding hydrogens is 479 g/mol. The Labute approximate surface area is 215 Å². The lowest BCUT2D eigenvalue weighted by molar-refractivity contribution is 0.0975. The van der Waals surface area contributed by atoms with Crippen LogP contribution in [-0.4, -0.2) is 5.91 Å². The number of carbonyl (C=O) groups is 1. The summed E-state index contributed by atoms with van der Waals surface area (Å²) in [6.45, 7) is 2.47.